The number of thioether (sulfide) groups is 1. The van der Waals surface area contributed by atoms with Crippen molar-refractivity contribution in [1.82, 2.24) is 14.8 Å². The van der Waals surface area contributed by atoms with Gasteiger partial charge in [-0.05, 0) is 36.4 Å². The Kier molecular flexibility index (Phi) is 5.70. The second-order valence-electron chi connectivity index (χ2n) is 5.61. The number of carbonyl (C=O) groups is 1. The lowest BCUT2D eigenvalue weighted by molar-refractivity contribution is 0.0766. The summed E-state index contributed by atoms with van der Waals surface area (Å²) < 4.78 is 1.20. The first kappa shape index (κ1) is 16.5. The smallest absolute Gasteiger partial charge is 0.264 e. The number of rotatable bonds is 4. The maximum atomic E-state index is 12.6. The normalized spacial score (nSPS) is 16.3. The zero-order chi connectivity index (χ0) is 16.1. The Morgan fingerprint density at radius 1 is 1.26 bits per heavy atom. The van der Waals surface area contributed by atoms with Crippen LogP contribution in [0.5, 0.6) is 0 Å². The van der Waals surface area contributed by atoms with E-state index in [1.165, 1.54) is 9.77 Å². The molecule has 6 heteroatoms. The minimum atomic E-state index is 0.179. The van der Waals surface area contributed by atoms with Crippen LogP contribution in [-0.4, -0.2) is 53.1 Å². The standard InChI is InChI=1S/C17H21N3OS2/c1-22-16-6-5-15(23-16)17(21)20-9-3-8-19(10-11-20)13-14-4-2-7-18-12-14/h2,4-7,12H,3,8-11,13H2,1H3. The zero-order valence-corrected chi connectivity index (χ0v) is 14.9. The SMILES string of the molecule is CSc1ccc(C(=O)N2CCCN(Cc3cccnc3)CC2)s1. The summed E-state index contributed by atoms with van der Waals surface area (Å²) in [5.74, 6) is 0.179. The average molecular weight is 348 g/mol. The van der Waals surface area contributed by atoms with Crippen LogP contribution in [0.3, 0.4) is 0 Å². The first-order chi connectivity index (χ1) is 11.3. The number of hydrogen-bond donors (Lipinski definition) is 0. The number of aromatic nitrogens is 1. The van der Waals surface area contributed by atoms with Gasteiger partial charge in [0.2, 0.25) is 0 Å². The van der Waals surface area contributed by atoms with Crippen LogP contribution in [0.25, 0.3) is 0 Å². The molecule has 1 saturated heterocycles. The monoisotopic (exact) mass is 347 g/mol. The molecule has 3 rings (SSSR count). The summed E-state index contributed by atoms with van der Waals surface area (Å²) in [5, 5.41) is 0. The van der Waals surface area contributed by atoms with Gasteiger partial charge in [0, 0.05) is 45.1 Å². The van der Waals surface area contributed by atoms with E-state index >= 15 is 0 Å². The molecule has 0 atom stereocenters. The summed E-state index contributed by atoms with van der Waals surface area (Å²) >= 11 is 3.29. The Labute approximate surface area is 145 Å². The van der Waals surface area contributed by atoms with E-state index in [-0.39, 0.29) is 5.91 Å². The molecule has 1 aliphatic heterocycles. The number of pyridine rings is 1. The zero-order valence-electron chi connectivity index (χ0n) is 13.3. The molecule has 0 aromatic carbocycles. The minimum absolute atomic E-state index is 0.179. The molecule has 0 aliphatic carbocycles. The molecule has 0 bridgehead atoms. The highest BCUT2D eigenvalue weighted by Crippen LogP contribution is 2.26. The van der Waals surface area contributed by atoms with Crippen LogP contribution in [0.4, 0.5) is 0 Å². The lowest BCUT2D eigenvalue weighted by atomic mass is 10.2. The number of thiophene rings is 1. The van der Waals surface area contributed by atoms with Gasteiger partial charge >= 0.3 is 0 Å². The Balaban J connectivity index is 1.58. The van der Waals surface area contributed by atoms with Gasteiger partial charge in [-0.15, -0.1) is 23.1 Å². The van der Waals surface area contributed by atoms with Crippen LogP contribution < -0.4 is 0 Å². The predicted molar refractivity (Wildman–Crippen MR) is 96.1 cm³/mol. The molecular formula is C17H21N3OS2. The molecule has 0 spiro atoms. The Morgan fingerprint density at radius 3 is 2.91 bits per heavy atom. The highest BCUT2D eigenvalue weighted by Gasteiger charge is 2.21. The van der Waals surface area contributed by atoms with E-state index in [1.807, 2.05) is 35.6 Å². The number of nitrogens with zero attached hydrogens (tertiary/aromatic N) is 3. The van der Waals surface area contributed by atoms with Gasteiger partial charge in [-0.1, -0.05) is 6.07 Å². The molecule has 0 unspecified atom stereocenters. The summed E-state index contributed by atoms with van der Waals surface area (Å²) in [7, 11) is 0. The number of hydrogen-bond acceptors (Lipinski definition) is 5. The first-order valence-electron chi connectivity index (χ1n) is 7.80. The second-order valence-corrected chi connectivity index (χ2v) is 7.80. The van der Waals surface area contributed by atoms with Gasteiger partial charge in [-0.3, -0.25) is 14.7 Å². The summed E-state index contributed by atoms with van der Waals surface area (Å²) in [5.41, 5.74) is 1.23. The van der Waals surface area contributed by atoms with Crippen molar-refractivity contribution in [3.05, 3.63) is 47.1 Å². The molecule has 0 N–H and O–H groups in total. The minimum Gasteiger partial charge on any atom is -0.337 e. The third-order valence-corrected chi connectivity index (χ3v) is 6.15. The van der Waals surface area contributed by atoms with Crippen molar-refractivity contribution in [3.8, 4) is 0 Å². The molecule has 2 aromatic rings. The first-order valence-corrected chi connectivity index (χ1v) is 9.85. The molecular weight excluding hydrogens is 326 g/mol. The van der Waals surface area contributed by atoms with Gasteiger partial charge in [-0.25, -0.2) is 0 Å². The largest absolute Gasteiger partial charge is 0.337 e. The molecule has 0 radical (unpaired) electrons. The number of amides is 1. The van der Waals surface area contributed by atoms with Gasteiger partial charge in [0.25, 0.3) is 5.91 Å². The number of carbonyl (C=O) groups excluding carboxylic acids is 1. The molecule has 0 saturated carbocycles. The molecule has 3 heterocycles. The third kappa shape index (κ3) is 4.34. The summed E-state index contributed by atoms with van der Waals surface area (Å²) in [4.78, 5) is 22.1. The summed E-state index contributed by atoms with van der Waals surface area (Å²) in [6.07, 6.45) is 6.79. The van der Waals surface area contributed by atoms with Crippen molar-refractivity contribution >= 4 is 29.0 Å². The van der Waals surface area contributed by atoms with Gasteiger partial charge < -0.3 is 4.90 Å². The van der Waals surface area contributed by atoms with Crippen molar-refractivity contribution < 1.29 is 4.79 Å². The van der Waals surface area contributed by atoms with Crippen molar-refractivity contribution in [2.24, 2.45) is 0 Å². The van der Waals surface area contributed by atoms with Gasteiger partial charge in [0.05, 0.1) is 9.09 Å². The van der Waals surface area contributed by atoms with E-state index in [0.29, 0.717) is 0 Å². The van der Waals surface area contributed by atoms with Crippen molar-refractivity contribution in [2.75, 3.05) is 32.4 Å². The average Bonchev–Trinajstić information content (AvgIpc) is 2.95. The second kappa shape index (κ2) is 7.95. The third-order valence-electron chi connectivity index (χ3n) is 4.00. The van der Waals surface area contributed by atoms with E-state index in [1.54, 1.807) is 29.3 Å². The van der Waals surface area contributed by atoms with Gasteiger partial charge in [0.1, 0.15) is 0 Å². The van der Waals surface area contributed by atoms with E-state index in [4.69, 9.17) is 0 Å². The van der Waals surface area contributed by atoms with E-state index in [0.717, 1.165) is 44.0 Å². The maximum absolute atomic E-state index is 12.6. The van der Waals surface area contributed by atoms with Crippen molar-refractivity contribution in [3.63, 3.8) is 0 Å². The van der Waals surface area contributed by atoms with Crippen LogP contribution in [-0.2, 0) is 6.54 Å². The van der Waals surface area contributed by atoms with Crippen LogP contribution in [0.1, 0.15) is 21.7 Å². The van der Waals surface area contributed by atoms with Crippen LogP contribution in [0.15, 0.2) is 40.9 Å². The van der Waals surface area contributed by atoms with E-state index in [2.05, 4.69) is 16.0 Å². The lowest BCUT2D eigenvalue weighted by Gasteiger charge is -2.21. The lowest BCUT2D eigenvalue weighted by Crippen LogP contribution is -2.34. The van der Waals surface area contributed by atoms with Crippen molar-refractivity contribution in [1.29, 1.82) is 0 Å². The van der Waals surface area contributed by atoms with Crippen LogP contribution in [0.2, 0.25) is 0 Å². The predicted octanol–water partition coefficient (Wildman–Crippen LogP) is 3.21. The summed E-state index contributed by atoms with van der Waals surface area (Å²) in [6.45, 7) is 4.49. The van der Waals surface area contributed by atoms with Gasteiger partial charge in [-0.2, -0.15) is 0 Å². The quantitative estimate of drug-likeness (QED) is 0.796. The topological polar surface area (TPSA) is 36.4 Å². The highest BCUT2D eigenvalue weighted by molar-refractivity contribution is 8.00. The molecule has 1 amide bonds. The molecule has 122 valence electrons. The molecule has 2 aromatic heterocycles. The Bertz CT molecular complexity index is 644. The van der Waals surface area contributed by atoms with Gasteiger partial charge in [0.15, 0.2) is 0 Å². The molecule has 23 heavy (non-hydrogen) atoms. The fourth-order valence-corrected chi connectivity index (χ4v) is 4.29. The van der Waals surface area contributed by atoms with Crippen molar-refractivity contribution in [2.45, 2.75) is 17.2 Å². The van der Waals surface area contributed by atoms with E-state index < -0.39 is 0 Å². The van der Waals surface area contributed by atoms with Crippen LogP contribution in [0, 0.1) is 0 Å². The molecule has 1 aliphatic rings. The molecule has 1 fully saturated rings. The summed E-state index contributed by atoms with van der Waals surface area (Å²) in [6, 6.07) is 8.08. The molecule has 4 nitrogen and oxygen atoms in total. The fourth-order valence-electron chi connectivity index (χ4n) is 2.78. The fraction of sp³-hybridized carbons (Fsp3) is 0.412. The van der Waals surface area contributed by atoms with E-state index in [9.17, 15) is 4.79 Å². The van der Waals surface area contributed by atoms with Crippen LogP contribution >= 0.6 is 23.1 Å². The Morgan fingerprint density at radius 2 is 2.17 bits per heavy atom. The highest BCUT2D eigenvalue weighted by atomic mass is 32.2. The maximum Gasteiger partial charge on any atom is 0.264 e. The Hall–Kier alpha value is -1.37.